The fraction of sp³-hybridized carbons (Fsp3) is 0.286. The predicted molar refractivity (Wildman–Crippen MR) is 74.7 cm³/mol. The van der Waals surface area contributed by atoms with Crippen molar-refractivity contribution in [2.75, 3.05) is 5.75 Å². The molecule has 3 nitrogen and oxygen atoms in total. The predicted octanol–water partition coefficient (Wildman–Crippen LogP) is 3.16. The fourth-order valence-corrected chi connectivity index (χ4v) is 3.46. The average molecular weight is 335 g/mol. The van der Waals surface area contributed by atoms with Crippen molar-refractivity contribution in [3.05, 3.63) is 53.9 Å². The lowest BCUT2D eigenvalue weighted by atomic mass is 9.78. The number of sulfonamides is 1. The molecular weight excluding hydrogens is 322 g/mol. The van der Waals surface area contributed by atoms with Gasteiger partial charge in [-0.15, -0.1) is 0 Å². The minimum Gasteiger partial charge on any atom is -0.229 e. The number of hydrogen-bond donors (Lipinski definition) is 1. The van der Waals surface area contributed by atoms with Crippen molar-refractivity contribution in [3.63, 3.8) is 0 Å². The molecule has 0 fully saturated rings. The number of nitrogens with two attached hydrogens (primary N) is 1. The molecule has 1 atom stereocenters. The van der Waals surface area contributed by atoms with Crippen LogP contribution in [-0.4, -0.2) is 20.3 Å². The van der Waals surface area contributed by atoms with Crippen LogP contribution < -0.4 is 5.14 Å². The van der Waals surface area contributed by atoms with Crippen LogP contribution in [0.1, 0.15) is 12.0 Å². The highest BCUT2D eigenvalue weighted by atomic mass is 32.2. The highest BCUT2D eigenvalue weighted by Crippen LogP contribution is 2.51. The molecule has 2 N–H and O–H groups in total. The first-order valence-electron chi connectivity index (χ1n) is 6.26. The smallest absolute Gasteiger partial charge is 0.229 e. The van der Waals surface area contributed by atoms with Crippen LogP contribution in [0.4, 0.5) is 17.6 Å². The Labute approximate surface area is 125 Å². The van der Waals surface area contributed by atoms with Crippen molar-refractivity contribution in [2.24, 2.45) is 10.6 Å². The molecule has 2 rings (SSSR count). The van der Waals surface area contributed by atoms with Gasteiger partial charge < -0.3 is 0 Å². The second-order valence-corrected chi connectivity index (χ2v) is 6.72. The van der Waals surface area contributed by atoms with E-state index in [4.69, 9.17) is 5.14 Å². The fourth-order valence-electron chi connectivity index (χ4n) is 2.35. The molecule has 0 aromatic heterocycles. The van der Waals surface area contributed by atoms with E-state index in [1.165, 1.54) is 6.08 Å². The van der Waals surface area contributed by atoms with Gasteiger partial charge in [-0.25, -0.2) is 17.9 Å². The number of allylic oxidation sites excluding steroid dienone is 4. The molecule has 120 valence electrons. The Morgan fingerprint density at radius 1 is 1.18 bits per heavy atom. The average Bonchev–Trinajstić information content (AvgIpc) is 2.39. The Balaban J connectivity index is 2.46. The number of hydrogen-bond acceptors (Lipinski definition) is 2. The van der Waals surface area contributed by atoms with Gasteiger partial charge in [-0.05, 0) is 23.6 Å². The van der Waals surface area contributed by atoms with Crippen molar-refractivity contribution < 1.29 is 26.0 Å². The van der Waals surface area contributed by atoms with E-state index in [-0.39, 0.29) is 5.57 Å². The highest BCUT2D eigenvalue weighted by molar-refractivity contribution is 7.89. The third kappa shape index (κ3) is 3.22. The lowest BCUT2D eigenvalue weighted by Crippen LogP contribution is -2.46. The molecule has 0 heterocycles. The van der Waals surface area contributed by atoms with Crippen molar-refractivity contribution in [3.8, 4) is 0 Å². The van der Waals surface area contributed by atoms with Gasteiger partial charge in [-0.2, -0.15) is 13.2 Å². The number of halogens is 4. The molecule has 0 radical (unpaired) electrons. The number of alkyl halides is 3. The van der Waals surface area contributed by atoms with Crippen molar-refractivity contribution >= 4 is 15.6 Å². The summed E-state index contributed by atoms with van der Waals surface area (Å²) in [6.07, 6.45) is -3.99. The maximum atomic E-state index is 14.2. The Morgan fingerprint density at radius 3 is 2.23 bits per heavy atom. The highest BCUT2D eigenvalue weighted by Gasteiger charge is 2.60. The molecule has 0 saturated carbocycles. The van der Waals surface area contributed by atoms with E-state index < -0.39 is 39.6 Å². The van der Waals surface area contributed by atoms with Crippen LogP contribution in [0, 0.1) is 5.41 Å². The van der Waals surface area contributed by atoms with Gasteiger partial charge >= 0.3 is 6.18 Å². The number of benzene rings is 1. The third-order valence-corrected chi connectivity index (χ3v) is 4.40. The second kappa shape index (κ2) is 5.51. The van der Waals surface area contributed by atoms with Crippen LogP contribution >= 0.6 is 0 Å². The summed E-state index contributed by atoms with van der Waals surface area (Å²) >= 11 is 0. The summed E-state index contributed by atoms with van der Waals surface area (Å²) in [5, 5.41) is 4.71. The molecule has 1 aliphatic carbocycles. The van der Waals surface area contributed by atoms with Crippen molar-refractivity contribution in [2.45, 2.75) is 12.6 Å². The van der Waals surface area contributed by atoms with Gasteiger partial charge in [0.1, 0.15) is 11.2 Å². The van der Waals surface area contributed by atoms with E-state index in [2.05, 4.69) is 0 Å². The molecule has 22 heavy (non-hydrogen) atoms. The molecule has 0 aliphatic heterocycles. The minimum absolute atomic E-state index is 0.271. The Bertz CT molecular complexity index is 723. The summed E-state index contributed by atoms with van der Waals surface area (Å²) in [6, 6.07) is 8.29. The van der Waals surface area contributed by atoms with Crippen LogP contribution in [0.3, 0.4) is 0 Å². The van der Waals surface area contributed by atoms with Gasteiger partial charge in [0.2, 0.25) is 10.0 Å². The van der Waals surface area contributed by atoms with E-state index in [9.17, 15) is 26.0 Å². The lowest BCUT2D eigenvalue weighted by molar-refractivity contribution is -0.207. The van der Waals surface area contributed by atoms with Crippen molar-refractivity contribution in [1.82, 2.24) is 0 Å². The van der Waals surface area contributed by atoms with E-state index in [1.54, 1.807) is 30.3 Å². The van der Waals surface area contributed by atoms with E-state index >= 15 is 0 Å². The Kier molecular flexibility index (Phi) is 4.18. The molecule has 0 bridgehead atoms. The summed E-state index contributed by atoms with van der Waals surface area (Å²) in [6.45, 7) is 0. The molecule has 8 heteroatoms. The van der Waals surface area contributed by atoms with Crippen LogP contribution in [0.15, 0.2) is 48.3 Å². The van der Waals surface area contributed by atoms with Crippen LogP contribution in [-0.2, 0) is 10.0 Å². The van der Waals surface area contributed by atoms with E-state index in [0.29, 0.717) is 5.56 Å². The second-order valence-electron chi connectivity index (χ2n) is 5.11. The van der Waals surface area contributed by atoms with Gasteiger partial charge in [-0.1, -0.05) is 36.4 Å². The first kappa shape index (κ1) is 16.7. The zero-order valence-electron chi connectivity index (χ0n) is 11.3. The van der Waals surface area contributed by atoms with Gasteiger partial charge in [0.05, 0.1) is 5.75 Å². The molecule has 1 aromatic carbocycles. The van der Waals surface area contributed by atoms with E-state index in [1.807, 2.05) is 0 Å². The van der Waals surface area contributed by atoms with Gasteiger partial charge in [0, 0.05) is 0 Å². The zero-order valence-corrected chi connectivity index (χ0v) is 12.1. The Morgan fingerprint density at radius 2 is 1.77 bits per heavy atom. The lowest BCUT2D eigenvalue weighted by Gasteiger charge is -2.35. The van der Waals surface area contributed by atoms with Crippen LogP contribution in [0.5, 0.6) is 0 Å². The quantitative estimate of drug-likeness (QED) is 0.863. The minimum atomic E-state index is -5.07. The monoisotopic (exact) mass is 335 g/mol. The first-order valence-corrected chi connectivity index (χ1v) is 7.97. The topological polar surface area (TPSA) is 60.2 Å². The first-order chi connectivity index (χ1) is 10.1. The van der Waals surface area contributed by atoms with E-state index in [0.717, 1.165) is 6.08 Å². The van der Waals surface area contributed by atoms with Gasteiger partial charge in [0.15, 0.2) is 0 Å². The summed E-state index contributed by atoms with van der Waals surface area (Å²) in [5.41, 5.74) is -2.31. The molecule has 0 amide bonds. The molecule has 1 aromatic rings. The zero-order chi connectivity index (χ0) is 16.6. The van der Waals surface area contributed by atoms with Crippen LogP contribution in [0.2, 0.25) is 0 Å². The largest absolute Gasteiger partial charge is 0.402 e. The summed E-state index contributed by atoms with van der Waals surface area (Å²) in [4.78, 5) is 0. The normalized spacial score (nSPS) is 23.0. The molecule has 1 aliphatic rings. The van der Waals surface area contributed by atoms with Crippen molar-refractivity contribution in [1.29, 1.82) is 0 Å². The van der Waals surface area contributed by atoms with Gasteiger partial charge in [-0.3, -0.25) is 0 Å². The van der Waals surface area contributed by atoms with Gasteiger partial charge in [0.25, 0.3) is 0 Å². The molecule has 1 unspecified atom stereocenters. The summed E-state index contributed by atoms with van der Waals surface area (Å²) in [5.74, 6) is -3.07. The third-order valence-electron chi connectivity index (χ3n) is 3.51. The SMILES string of the molecule is NS(=O)(=O)CC1(C(F)(F)F)CC=C(c2ccccc2)C=C1F. The number of primary sulfonamides is 1. The summed E-state index contributed by atoms with van der Waals surface area (Å²) < 4.78 is 76.3. The molecule has 0 spiro atoms. The molecule has 0 saturated heterocycles. The maximum Gasteiger partial charge on any atom is 0.402 e. The molecular formula is C14H13F4NO2S. The standard InChI is InChI=1S/C14H13F4NO2S/c15-12-8-11(10-4-2-1-3-5-10)6-7-13(12,14(16,17)18)9-22(19,20)21/h1-6,8H,7,9H2,(H2,19,20,21). The Hall–Kier alpha value is -1.67. The van der Waals surface area contributed by atoms with Crippen LogP contribution in [0.25, 0.3) is 5.57 Å². The number of rotatable bonds is 3. The maximum absolute atomic E-state index is 14.2. The summed E-state index contributed by atoms with van der Waals surface area (Å²) in [7, 11) is -4.51.